The average Bonchev–Trinajstić information content (AvgIpc) is 3.79. The summed E-state index contributed by atoms with van der Waals surface area (Å²) in [4.78, 5) is 10.3. The molecular weight excluding hydrogens is 1020 g/mol. The molecule has 352 valence electrons. The second-order valence-corrected chi connectivity index (χ2v) is 19.0. The number of aryl methyl sites for hydroxylation is 1. The van der Waals surface area contributed by atoms with E-state index in [0.717, 1.165) is 87.0 Å². The van der Waals surface area contributed by atoms with E-state index in [4.69, 9.17) is 11.3 Å². The van der Waals surface area contributed by atoms with Gasteiger partial charge in [0, 0.05) is 38.4 Å². The van der Waals surface area contributed by atoms with E-state index in [1.165, 1.54) is 11.1 Å². The number of nitrogens with zero attached hydrogens (tertiary/aromatic N) is 3. The molecule has 9 aromatic rings. The Kier molecular flexibility index (Phi) is 12.9. The van der Waals surface area contributed by atoms with E-state index in [2.05, 4.69) is 114 Å². The molecule has 0 spiro atoms. The Labute approximate surface area is 430 Å². The summed E-state index contributed by atoms with van der Waals surface area (Å²) in [5.41, 5.74) is 14.6. The van der Waals surface area contributed by atoms with E-state index in [9.17, 15) is 9.22 Å². The number of aromatic nitrogens is 3. The molecule has 0 aliphatic heterocycles. The van der Waals surface area contributed by atoms with Crippen molar-refractivity contribution in [1.82, 2.24) is 14.5 Å². The molecule has 0 saturated carbocycles. The van der Waals surface area contributed by atoms with Gasteiger partial charge >= 0.3 is 0 Å². The van der Waals surface area contributed by atoms with Crippen LogP contribution >= 0.6 is 0 Å². The molecule has 0 atom stereocenters. The van der Waals surface area contributed by atoms with Crippen LogP contribution in [-0.2, 0) is 31.9 Å². The molecule has 4 nitrogen and oxygen atoms in total. The average molecular weight is 1090 g/mol. The number of hydrogen-bond acceptors (Lipinski definition) is 3. The largest absolute Gasteiger partial charge is 0.507 e. The first-order chi connectivity index (χ1) is 34.4. The Morgan fingerprint density at radius 2 is 1.23 bits per heavy atom. The van der Waals surface area contributed by atoms with Crippen LogP contribution in [0.5, 0.6) is 5.75 Å². The first-order valence-electron chi connectivity index (χ1n) is 26.2. The minimum atomic E-state index is -2.53. The van der Waals surface area contributed by atoms with Gasteiger partial charge in [-0.3, -0.25) is 9.55 Å². The minimum Gasteiger partial charge on any atom is -0.507 e. The van der Waals surface area contributed by atoms with Crippen LogP contribution in [0, 0.1) is 12.9 Å². The van der Waals surface area contributed by atoms with Gasteiger partial charge in [-0.25, -0.2) is 4.98 Å². The molecular formula is C64H64N3OPt-. The number of imidazole rings is 1. The summed E-state index contributed by atoms with van der Waals surface area (Å²) in [6, 6.07) is 56.1. The molecule has 1 N–H and O–H groups in total. The van der Waals surface area contributed by atoms with Gasteiger partial charge in [-0.05, 0) is 136 Å². The molecule has 0 radical (unpaired) electrons. The standard InChI is InChI=1S/C64H64N3O.Pt/c1-10-63(8,11-2)54-25-20-26-55(64(9,12-3)13-4)60(54)48-33-34-57(43(7)37-48)67-58-27-19-24-52(61(58)66-62(67)53-23-17-18-28-59(53)68)50-38-49(45-21-15-14-16-22-45)39-51(40-50)56-41-47(35-36-65-56)46-31-29-44(30-32-46)42(5)6;/h14-39,41-42,68H,10-13H2,1-9H3;/q-1;/i7D3,42D;. The number of rotatable bonds is 14. The van der Waals surface area contributed by atoms with Crippen LogP contribution in [0.25, 0.3) is 83.9 Å². The van der Waals surface area contributed by atoms with Crippen LogP contribution < -0.4 is 0 Å². The maximum atomic E-state index is 11.6. The van der Waals surface area contributed by atoms with Crippen molar-refractivity contribution in [2.45, 2.75) is 105 Å². The van der Waals surface area contributed by atoms with E-state index >= 15 is 0 Å². The summed E-state index contributed by atoms with van der Waals surface area (Å²) in [6.07, 6.45) is 5.56. The molecule has 5 heteroatoms. The van der Waals surface area contributed by atoms with Crippen LogP contribution in [0.1, 0.15) is 115 Å². The summed E-state index contributed by atoms with van der Waals surface area (Å²) in [5, 5.41) is 11.6. The van der Waals surface area contributed by atoms with Crippen LogP contribution in [0.3, 0.4) is 0 Å². The Morgan fingerprint density at radius 3 is 1.88 bits per heavy atom. The van der Waals surface area contributed by atoms with Crippen molar-refractivity contribution < 1.29 is 31.7 Å². The van der Waals surface area contributed by atoms with Gasteiger partial charge in [0.1, 0.15) is 11.6 Å². The third-order valence-corrected chi connectivity index (χ3v) is 14.9. The second-order valence-electron chi connectivity index (χ2n) is 19.0. The monoisotopic (exact) mass is 1090 g/mol. The van der Waals surface area contributed by atoms with Gasteiger partial charge in [0.15, 0.2) is 0 Å². The van der Waals surface area contributed by atoms with Crippen molar-refractivity contribution in [1.29, 1.82) is 0 Å². The molecule has 0 aliphatic rings. The molecule has 2 aromatic heterocycles. The van der Waals surface area contributed by atoms with E-state index < -0.39 is 12.7 Å². The summed E-state index contributed by atoms with van der Waals surface area (Å²) >= 11 is 0. The Morgan fingerprint density at radius 1 is 0.623 bits per heavy atom. The fourth-order valence-corrected chi connectivity index (χ4v) is 9.83. The Hall–Kier alpha value is -6.35. The van der Waals surface area contributed by atoms with E-state index in [0.29, 0.717) is 28.1 Å². The van der Waals surface area contributed by atoms with Gasteiger partial charge in [0.2, 0.25) is 0 Å². The Bertz CT molecular complexity index is 3380. The van der Waals surface area contributed by atoms with Gasteiger partial charge in [-0.15, -0.1) is 23.8 Å². The van der Waals surface area contributed by atoms with Crippen molar-refractivity contribution >= 4 is 11.0 Å². The van der Waals surface area contributed by atoms with Gasteiger partial charge in [0.25, 0.3) is 0 Å². The van der Waals surface area contributed by atoms with E-state index in [-0.39, 0.29) is 43.2 Å². The molecule has 69 heavy (non-hydrogen) atoms. The van der Waals surface area contributed by atoms with Crippen LogP contribution in [-0.4, -0.2) is 19.6 Å². The number of benzene rings is 7. The summed E-state index contributed by atoms with van der Waals surface area (Å²) < 4.78 is 38.1. The van der Waals surface area contributed by atoms with Crippen LogP contribution in [0.15, 0.2) is 164 Å². The SMILES string of the molecule is [2H]C([2H])([2H])c1cc(-c2c(C(C)(CC)CC)cccc2C(C)(CC)CC)ccc1-n1c(-c2ccccc2O)nc2c(-c3[c-]c(-c4cc(-c5ccc(C([2H])(C)C)cc5)ccn4)cc(-c4ccccc4)c3)cccc21.[Pt]. The second kappa shape index (κ2) is 20.3. The number of phenolic OH excluding ortho intramolecular Hbond substituents is 1. The molecule has 9 rings (SSSR count). The molecule has 0 fully saturated rings. The van der Waals surface area contributed by atoms with Crippen LogP contribution in [0.4, 0.5) is 0 Å². The normalized spacial score (nSPS) is 13.0. The molecule has 7 aromatic carbocycles. The zero-order valence-corrected chi connectivity index (χ0v) is 43.3. The zero-order valence-electron chi connectivity index (χ0n) is 45.0. The summed E-state index contributed by atoms with van der Waals surface area (Å²) in [6.45, 7) is 14.9. The molecule has 0 bridgehead atoms. The van der Waals surface area contributed by atoms with Crippen molar-refractivity contribution in [3.8, 4) is 78.6 Å². The molecule has 0 aliphatic carbocycles. The fourth-order valence-electron chi connectivity index (χ4n) is 9.83. The van der Waals surface area contributed by atoms with Gasteiger partial charge in [-0.2, -0.15) is 0 Å². The molecule has 0 amide bonds. The number of aromatic hydroxyl groups is 1. The maximum absolute atomic E-state index is 11.6. The van der Waals surface area contributed by atoms with Gasteiger partial charge in [-0.1, -0.05) is 181 Å². The van der Waals surface area contributed by atoms with Crippen molar-refractivity contribution in [3.05, 3.63) is 192 Å². The van der Waals surface area contributed by atoms with E-state index in [1.807, 2.05) is 103 Å². The van der Waals surface area contributed by atoms with Crippen molar-refractivity contribution in [2.75, 3.05) is 0 Å². The number of para-hydroxylation sites is 2. The quantitative estimate of drug-likeness (QED) is 0.110. The molecule has 0 unspecified atom stereocenters. The number of phenols is 1. The first-order valence-corrected chi connectivity index (χ1v) is 24.2. The topological polar surface area (TPSA) is 50.9 Å². The number of hydrogen-bond donors (Lipinski definition) is 1. The summed E-state index contributed by atoms with van der Waals surface area (Å²) in [7, 11) is 0. The predicted molar refractivity (Wildman–Crippen MR) is 287 cm³/mol. The fraction of sp³-hybridized carbons (Fsp3) is 0.250. The Balaban J connectivity index is 0.00000711. The van der Waals surface area contributed by atoms with Gasteiger partial charge in [0.05, 0.1) is 22.3 Å². The predicted octanol–water partition coefficient (Wildman–Crippen LogP) is 17.5. The van der Waals surface area contributed by atoms with Gasteiger partial charge < -0.3 is 5.11 Å². The van der Waals surface area contributed by atoms with Crippen LogP contribution in [0.2, 0.25) is 0 Å². The number of pyridine rings is 1. The third-order valence-electron chi connectivity index (χ3n) is 14.9. The van der Waals surface area contributed by atoms with E-state index in [1.54, 1.807) is 12.1 Å². The minimum absolute atomic E-state index is 0. The number of fused-ring (bicyclic) bond motifs is 1. The molecule has 2 heterocycles. The maximum Gasteiger partial charge on any atom is 0.148 e. The third kappa shape index (κ3) is 9.29. The first kappa shape index (κ1) is 43.9. The van der Waals surface area contributed by atoms with Crippen molar-refractivity contribution in [3.63, 3.8) is 0 Å². The zero-order chi connectivity index (χ0) is 51.2. The smallest absolute Gasteiger partial charge is 0.148 e. The molecule has 0 saturated heterocycles. The van der Waals surface area contributed by atoms with Crippen molar-refractivity contribution in [2.24, 2.45) is 0 Å². The summed E-state index contributed by atoms with van der Waals surface area (Å²) in [5.74, 6) is -0.262.